The number of halogens is 1. The maximum atomic E-state index is 13.5. The SMILES string of the molecule is Cc1ccc(-c2cnc3c(N(CC(C)C)C4CC4)cc(-c4ccc(F)cc4)nn23)cc1. The highest BCUT2D eigenvalue weighted by Crippen LogP contribution is 2.37. The number of imidazole rings is 1. The van der Waals surface area contributed by atoms with Crippen LogP contribution in [0, 0.1) is 18.7 Å². The van der Waals surface area contributed by atoms with Gasteiger partial charge in [0.1, 0.15) is 5.82 Å². The molecule has 1 aliphatic carbocycles. The number of aryl methyl sites for hydroxylation is 1. The van der Waals surface area contributed by atoms with Crippen LogP contribution in [-0.2, 0) is 0 Å². The van der Waals surface area contributed by atoms with E-state index in [0.29, 0.717) is 12.0 Å². The van der Waals surface area contributed by atoms with Crippen LogP contribution in [0.25, 0.3) is 28.2 Å². The molecule has 2 heterocycles. The molecule has 0 bridgehead atoms. The Balaban J connectivity index is 1.72. The molecule has 1 saturated carbocycles. The van der Waals surface area contributed by atoms with Crippen molar-refractivity contribution in [2.75, 3.05) is 11.4 Å². The monoisotopic (exact) mass is 414 g/mol. The van der Waals surface area contributed by atoms with E-state index >= 15 is 0 Å². The Labute approximate surface area is 182 Å². The Hall–Kier alpha value is -3.21. The molecule has 5 heteroatoms. The lowest BCUT2D eigenvalue weighted by Crippen LogP contribution is -2.30. The van der Waals surface area contributed by atoms with E-state index in [-0.39, 0.29) is 5.82 Å². The molecule has 5 rings (SSSR count). The zero-order valence-corrected chi connectivity index (χ0v) is 18.2. The lowest BCUT2D eigenvalue weighted by atomic mass is 10.1. The molecule has 2 aromatic carbocycles. The van der Waals surface area contributed by atoms with Crippen LogP contribution in [-0.4, -0.2) is 27.2 Å². The van der Waals surface area contributed by atoms with Crippen LogP contribution in [0.4, 0.5) is 10.1 Å². The summed E-state index contributed by atoms with van der Waals surface area (Å²) in [5.74, 6) is 0.294. The lowest BCUT2D eigenvalue weighted by Gasteiger charge is -2.27. The molecule has 0 atom stereocenters. The van der Waals surface area contributed by atoms with Gasteiger partial charge in [-0.3, -0.25) is 0 Å². The molecule has 0 saturated heterocycles. The zero-order valence-electron chi connectivity index (χ0n) is 18.2. The molecule has 1 aliphatic rings. The summed E-state index contributed by atoms with van der Waals surface area (Å²) in [6.45, 7) is 7.55. The van der Waals surface area contributed by atoms with Crippen molar-refractivity contribution < 1.29 is 4.39 Å². The molecule has 0 unspecified atom stereocenters. The molecule has 31 heavy (non-hydrogen) atoms. The van der Waals surface area contributed by atoms with Crippen molar-refractivity contribution in [2.45, 2.75) is 39.7 Å². The maximum absolute atomic E-state index is 13.5. The Morgan fingerprint density at radius 2 is 1.71 bits per heavy atom. The second-order valence-corrected chi connectivity index (χ2v) is 8.94. The first-order chi connectivity index (χ1) is 15.0. The third-order valence-corrected chi connectivity index (χ3v) is 5.79. The number of anilines is 1. The largest absolute Gasteiger partial charge is 0.365 e. The summed E-state index contributed by atoms with van der Waals surface area (Å²) in [5.41, 5.74) is 6.94. The van der Waals surface area contributed by atoms with Gasteiger partial charge in [-0.1, -0.05) is 43.7 Å². The van der Waals surface area contributed by atoms with Crippen LogP contribution in [0.3, 0.4) is 0 Å². The minimum Gasteiger partial charge on any atom is -0.365 e. The number of benzene rings is 2. The number of fused-ring (bicyclic) bond motifs is 1. The van der Waals surface area contributed by atoms with Gasteiger partial charge in [0, 0.05) is 23.7 Å². The molecule has 2 aromatic heterocycles. The molecule has 0 radical (unpaired) electrons. The molecule has 0 aliphatic heterocycles. The zero-order chi connectivity index (χ0) is 21.5. The van der Waals surface area contributed by atoms with E-state index in [2.05, 4.69) is 56.0 Å². The second-order valence-electron chi connectivity index (χ2n) is 8.94. The minimum absolute atomic E-state index is 0.243. The van der Waals surface area contributed by atoms with E-state index in [1.165, 1.54) is 30.5 Å². The fraction of sp³-hybridized carbons (Fsp3) is 0.308. The fourth-order valence-corrected chi connectivity index (χ4v) is 4.07. The summed E-state index contributed by atoms with van der Waals surface area (Å²) in [6.07, 6.45) is 4.32. The normalized spacial score (nSPS) is 13.8. The van der Waals surface area contributed by atoms with E-state index in [1.807, 2.05) is 10.7 Å². The molecule has 4 nitrogen and oxygen atoms in total. The van der Waals surface area contributed by atoms with Crippen LogP contribution in [0.5, 0.6) is 0 Å². The van der Waals surface area contributed by atoms with Gasteiger partial charge in [-0.15, -0.1) is 0 Å². The van der Waals surface area contributed by atoms with E-state index in [0.717, 1.165) is 40.4 Å². The molecule has 4 aromatic rings. The van der Waals surface area contributed by atoms with Crippen molar-refractivity contribution in [1.29, 1.82) is 0 Å². The predicted molar refractivity (Wildman–Crippen MR) is 124 cm³/mol. The van der Waals surface area contributed by atoms with Crippen molar-refractivity contribution in [2.24, 2.45) is 5.92 Å². The maximum Gasteiger partial charge on any atom is 0.177 e. The van der Waals surface area contributed by atoms with Crippen molar-refractivity contribution >= 4 is 11.3 Å². The van der Waals surface area contributed by atoms with Gasteiger partial charge in [-0.05, 0) is 56.0 Å². The predicted octanol–water partition coefficient (Wildman–Crippen LogP) is 6.14. The quantitative estimate of drug-likeness (QED) is 0.380. The van der Waals surface area contributed by atoms with Crippen LogP contribution in [0.2, 0.25) is 0 Å². The van der Waals surface area contributed by atoms with Gasteiger partial charge in [0.05, 0.1) is 23.3 Å². The third-order valence-electron chi connectivity index (χ3n) is 5.79. The molecular weight excluding hydrogens is 387 g/mol. The first kappa shape index (κ1) is 19.7. The van der Waals surface area contributed by atoms with Crippen LogP contribution in [0.1, 0.15) is 32.3 Å². The van der Waals surface area contributed by atoms with Gasteiger partial charge in [0.15, 0.2) is 5.65 Å². The summed E-state index contributed by atoms with van der Waals surface area (Å²) in [7, 11) is 0. The highest BCUT2D eigenvalue weighted by molar-refractivity contribution is 5.78. The summed E-state index contributed by atoms with van der Waals surface area (Å²) < 4.78 is 15.5. The Morgan fingerprint density at radius 3 is 2.35 bits per heavy atom. The Morgan fingerprint density at radius 1 is 1.03 bits per heavy atom. The van der Waals surface area contributed by atoms with Gasteiger partial charge in [0.2, 0.25) is 0 Å². The molecule has 1 fully saturated rings. The van der Waals surface area contributed by atoms with Gasteiger partial charge in [-0.25, -0.2) is 13.9 Å². The number of nitrogens with zero attached hydrogens (tertiary/aromatic N) is 4. The van der Waals surface area contributed by atoms with Crippen LogP contribution >= 0.6 is 0 Å². The van der Waals surface area contributed by atoms with Gasteiger partial charge in [0.25, 0.3) is 0 Å². The smallest absolute Gasteiger partial charge is 0.177 e. The van der Waals surface area contributed by atoms with Crippen LogP contribution in [0.15, 0.2) is 60.8 Å². The lowest BCUT2D eigenvalue weighted by molar-refractivity contribution is 0.607. The molecule has 0 N–H and O–H groups in total. The highest BCUT2D eigenvalue weighted by Gasteiger charge is 2.32. The van der Waals surface area contributed by atoms with Crippen molar-refractivity contribution in [3.63, 3.8) is 0 Å². The average molecular weight is 415 g/mol. The first-order valence-corrected chi connectivity index (χ1v) is 11.0. The van der Waals surface area contributed by atoms with E-state index < -0.39 is 0 Å². The topological polar surface area (TPSA) is 33.4 Å². The number of aromatic nitrogens is 3. The standard InChI is InChI=1S/C26H27FN4/c1-17(2)16-30(22-12-13-22)24-14-23(19-8-10-21(27)11-9-19)29-31-25(15-28-26(24)31)20-6-4-18(3)5-7-20/h4-11,14-15,17,22H,12-13,16H2,1-3H3. The van der Waals surface area contributed by atoms with Gasteiger partial charge in [-0.2, -0.15) is 5.10 Å². The molecular formula is C26H27FN4. The number of hydrogen-bond donors (Lipinski definition) is 0. The summed E-state index contributed by atoms with van der Waals surface area (Å²) >= 11 is 0. The second kappa shape index (κ2) is 7.80. The Kier molecular flexibility index (Phi) is 4.97. The van der Waals surface area contributed by atoms with E-state index in [9.17, 15) is 4.39 Å². The summed E-state index contributed by atoms with van der Waals surface area (Å²) in [4.78, 5) is 7.29. The summed E-state index contributed by atoms with van der Waals surface area (Å²) in [6, 6.07) is 17.7. The number of hydrogen-bond acceptors (Lipinski definition) is 3. The molecule has 158 valence electrons. The van der Waals surface area contributed by atoms with Crippen molar-refractivity contribution in [3.05, 3.63) is 72.2 Å². The van der Waals surface area contributed by atoms with E-state index in [1.54, 1.807) is 12.1 Å². The Bertz CT molecular complexity index is 1200. The van der Waals surface area contributed by atoms with Gasteiger partial charge >= 0.3 is 0 Å². The van der Waals surface area contributed by atoms with Crippen molar-refractivity contribution in [3.8, 4) is 22.5 Å². The molecule has 0 spiro atoms. The third kappa shape index (κ3) is 3.92. The first-order valence-electron chi connectivity index (χ1n) is 11.0. The molecule has 0 amide bonds. The fourth-order valence-electron chi connectivity index (χ4n) is 4.07. The number of rotatable bonds is 6. The van der Waals surface area contributed by atoms with Crippen LogP contribution < -0.4 is 4.90 Å². The van der Waals surface area contributed by atoms with Gasteiger partial charge < -0.3 is 4.90 Å². The minimum atomic E-state index is -0.243. The highest BCUT2D eigenvalue weighted by atomic mass is 19.1. The average Bonchev–Trinajstić information content (AvgIpc) is 3.51. The van der Waals surface area contributed by atoms with E-state index in [4.69, 9.17) is 10.1 Å². The summed E-state index contributed by atoms with van der Waals surface area (Å²) in [5, 5.41) is 4.94. The van der Waals surface area contributed by atoms with Crippen molar-refractivity contribution in [1.82, 2.24) is 14.6 Å².